The number of carbonyl (C=O) groups is 4. The molecule has 0 aromatic rings. The van der Waals surface area contributed by atoms with Crippen LogP contribution in [0.25, 0.3) is 0 Å². The molecule has 10 atom stereocenters. The Morgan fingerprint density at radius 2 is 1.98 bits per heavy atom. The summed E-state index contributed by atoms with van der Waals surface area (Å²) in [7, 11) is 0. The van der Waals surface area contributed by atoms with Crippen LogP contribution in [0.3, 0.4) is 0 Å². The van der Waals surface area contributed by atoms with Crippen LogP contribution in [-0.2, 0) is 23.9 Å². The third-order valence-corrected chi connectivity index (χ3v) is 6.76. The van der Waals surface area contributed by atoms with Crippen LogP contribution >= 0.6 is 0 Å². The van der Waals surface area contributed by atoms with Gasteiger partial charge in [-0.15, -0.1) is 0 Å². The second-order valence-electron chi connectivity index (χ2n) is 9.80. The lowest BCUT2D eigenvalue weighted by Crippen LogP contribution is -2.71. The first-order chi connectivity index (χ1) is 19.0. The van der Waals surface area contributed by atoms with Gasteiger partial charge in [-0.2, -0.15) is 0 Å². The lowest BCUT2D eigenvalue weighted by molar-refractivity contribution is -0.204. The average molecular weight is 574 g/mol. The molecule has 0 bridgehead atoms. The molecule has 18 nitrogen and oxygen atoms in total. The number of aliphatic hydroxyl groups is 3. The van der Waals surface area contributed by atoms with Gasteiger partial charge in [0.15, 0.2) is 6.10 Å². The first-order valence-corrected chi connectivity index (χ1v) is 13.0. The van der Waals surface area contributed by atoms with Crippen LogP contribution in [0.2, 0.25) is 0 Å². The van der Waals surface area contributed by atoms with Crippen LogP contribution in [0.5, 0.6) is 0 Å². The number of hydrogen-bond acceptors (Lipinski definition) is 14. The van der Waals surface area contributed by atoms with E-state index in [9.17, 15) is 34.5 Å². The SMILES string of the molecule is NCCC(=O)NCCC[C@H](N)CC(=O)N[C@@H]1[C@H](O)[C@@H](OC(N)=O)[C@@H](CO)O[C@H]1NC1N[C@@H]2[C@H](O)C=NC(=O)[C@H]2N1. The molecule has 18 heteroatoms. The molecule has 0 saturated carbocycles. The Balaban J connectivity index is 1.63. The number of primary amides is 1. The fourth-order valence-corrected chi connectivity index (χ4v) is 4.80. The van der Waals surface area contributed by atoms with Crippen molar-refractivity contribution in [3.05, 3.63) is 0 Å². The number of nitrogens with zero attached hydrogens (tertiary/aromatic N) is 1. The summed E-state index contributed by atoms with van der Waals surface area (Å²) in [6, 6.07) is -3.36. The molecule has 226 valence electrons. The number of amides is 4. The van der Waals surface area contributed by atoms with E-state index < -0.39 is 85.6 Å². The lowest BCUT2D eigenvalue weighted by Gasteiger charge is -2.44. The van der Waals surface area contributed by atoms with E-state index in [2.05, 4.69) is 31.6 Å². The normalized spacial score (nSPS) is 34.1. The summed E-state index contributed by atoms with van der Waals surface area (Å²) in [5, 5.41) is 45.2. The molecule has 3 heterocycles. The number of carbonyl (C=O) groups excluding carboxylic acids is 4. The van der Waals surface area contributed by atoms with Crippen molar-refractivity contribution in [1.82, 2.24) is 26.6 Å². The summed E-state index contributed by atoms with van der Waals surface area (Å²) < 4.78 is 10.8. The van der Waals surface area contributed by atoms with Gasteiger partial charge < -0.3 is 52.6 Å². The maximum absolute atomic E-state index is 12.9. The highest BCUT2D eigenvalue weighted by molar-refractivity contribution is 5.94. The second kappa shape index (κ2) is 14.7. The molecule has 0 aromatic heterocycles. The quantitative estimate of drug-likeness (QED) is 0.0914. The fourth-order valence-electron chi connectivity index (χ4n) is 4.80. The zero-order chi connectivity index (χ0) is 29.4. The summed E-state index contributed by atoms with van der Waals surface area (Å²) in [4.78, 5) is 51.5. The molecule has 1 unspecified atom stereocenters. The van der Waals surface area contributed by atoms with E-state index in [-0.39, 0.29) is 25.3 Å². The van der Waals surface area contributed by atoms with Crippen LogP contribution in [0.4, 0.5) is 4.79 Å². The highest BCUT2D eigenvalue weighted by Gasteiger charge is 2.50. The van der Waals surface area contributed by atoms with Gasteiger partial charge in [-0.05, 0) is 12.8 Å². The zero-order valence-electron chi connectivity index (χ0n) is 21.8. The van der Waals surface area contributed by atoms with Crippen molar-refractivity contribution in [3.63, 3.8) is 0 Å². The zero-order valence-corrected chi connectivity index (χ0v) is 21.8. The van der Waals surface area contributed by atoms with Crippen molar-refractivity contribution in [3.8, 4) is 0 Å². The van der Waals surface area contributed by atoms with E-state index in [1.54, 1.807) is 0 Å². The number of rotatable bonds is 13. The summed E-state index contributed by atoms with van der Waals surface area (Å²) in [5.74, 6) is -1.23. The second-order valence-corrected chi connectivity index (χ2v) is 9.80. The third-order valence-electron chi connectivity index (χ3n) is 6.76. The number of aliphatic imine (C=N–C) groups is 1. The first kappa shape index (κ1) is 31.7. The molecule has 40 heavy (non-hydrogen) atoms. The molecule has 3 rings (SSSR count). The van der Waals surface area contributed by atoms with Gasteiger partial charge in [0.05, 0.1) is 18.7 Å². The largest absolute Gasteiger partial charge is 0.441 e. The molecule has 14 N–H and O–H groups in total. The highest BCUT2D eigenvalue weighted by atomic mass is 16.6. The molecule has 0 aromatic carbocycles. The first-order valence-electron chi connectivity index (χ1n) is 13.0. The van der Waals surface area contributed by atoms with Gasteiger partial charge in [0.1, 0.15) is 36.9 Å². The number of nitrogens with two attached hydrogens (primary N) is 3. The molecule has 0 radical (unpaired) electrons. The van der Waals surface area contributed by atoms with Crippen molar-refractivity contribution >= 4 is 30.0 Å². The summed E-state index contributed by atoms with van der Waals surface area (Å²) in [6.07, 6.45) is -6.39. The van der Waals surface area contributed by atoms with Crippen molar-refractivity contribution in [1.29, 1.82) is 0 Å². The Hall–Kier alpha value is -2.81. The van der Waals surface area contributed by atoms with E-state index in [4.69, 9.17) is 26.7 Å². The van der Waals surface area contributed by atoms with Crippen molar-refractivity contribution in [2.45, 2.75) is 86.8 Å². The van der Waals surface area contributed by atoms with Crippen molar-refractivity contribution in [2.75, 3.05) is 19.7 Å². The molecule has 0 aliphatic carbocycles. The highest BCUT2D eigenvalue weighted by Crippen LogP contribution is 2.24. The van der Waals surface area contributed by atoms with E-state index in [1.807, 2.05) is 0 Å². The summed E-state index contributed by atoms with van der Waals surface area (Å²) >= 11 is 0. The Morgan fingerprint density at radius 1 is 1.23 bits per heavy atom. The van der Waals surface area contributed by atoms with Gasteiger partial charge in [-0.25, -0.2) is 9.79 Å². The minimum absolute atomic E-state index is 0.139. The molecular weight excluding hydrogens is 534 g/mol. The molecule has 4 amide bonds. The molecular formula is C22H39N9O9. The summed E-state index contributed by atoms with van der Waals surface area (Å²) in [6.45, 7) is -0.0526. The summed E-state index contributed by atoms with van der Waals surface area (Å²) in [5.41, 5.74) is 16.5. The fraction of sp³-hybridized carbons (Fsp3) is 0.773. The minimum atomic E-state index is -1.58. The predicted octanol–water partition coefficient (Wildman–Crippen LogP) is -6.25. The van der Waals surface area contributed by atoms with Crippen LogP contribution in [0.1, 0.15) is 25.7 Å². The molecule has 2 fully saturated rings. The number of ether oxygens (including phenoxy) is 2. The maximum Gasteiger partial charge on any atom is 0.404 e. The van der Waals surface area contributed by atoms with E-state index in [0.29, 0.717) is 19.4 Å². The van der Waals surface area contributed by atoms with Crippen LogP contribution in [-0.4, -0.2) is 126 Å². The smallest absolute Gasteiger partial charge is 0.404 e. The van der Waals surface area contributed by atoms with Gasteiger partial charge in [-0.3, -0.25) is 30.3 Å². The molecule has 2 saturated heterocycles. The van der Waals surface area contributed by atoms with E-state index in [0.717, 1.165) is 6.21 Å². The van der Waals surface area contributed by atoms with Crippen molar-refractivity contribution < 1.29 is 44.0 Å². The van der Waals surface area contributed by atoms with Gasteiger partial charge in [-0.1, -0.05) is 0 Å². The Labute approximate surface area is 229 Å². The van der Waals surface area contributed by atoms with Gasteiger partial charge in [0.2, 0.25) is 11.8 Å². The number of nitrogens with one attached hydrogen (secondary N) is 5. The Kier molecular flexibility index (Phi) is 11.7. The van der Waals surface area contributed by atoms with Crippen LogP contribution < -0.4 is 43.8 Å². The predicted molar refractivity (Wildman–Crippen MR) is 137 cm³/mol. The standard InChI is InChI=1S/C22H39N9O9/c23-4-3-12(34)26-5-1-2-9(24)6-13(35)28-16-17(36)18(40-21(25)38)11(8-32)39-20(16)31-22-29-14-10(33)7-27-19(37)15(14)30-22/h7,9-11,14-18,20,22,29-33,36H,1-6,8,23-24H2,(H2,25,38)(H,26,34)(H,28,35)/t9-,10+,11+,14+,15-,16+,17-,18-,20+,22?/m0/s1. The molecule has 0 spiro atoms. The minimum Gasteiger partial charge on any atom is -0.441 e. The number of hydrogen-bond donors (Lipinski definition) is 11. The number of fused-ring (bicyclic) bond motifs is 1. The average Bonchev–Trinajstić information content (AvgIpc) is 3.33. The third kappa shape index (κ3) is 8.35. The van der Waals surface area contributed by atoms with E-state index >= 15 is 0 Å². The number of aliphatic hydroxyl groups excluding tert-OH is 3. The van der Waals surface area contributed by atoms with Crippen LogP contribution in [0, 0.1) is 0 Å². The molecule has 3 aliphatic rings. The van der Waals surface area contributed by atoms with Crippen LogP contribution in [0.15, 0.2) is 4.99 Å². The monoisotopic (exact) mass is 573 g/mol. The van der Waals surface area contributed by atoms with Gasteiger partial charge >= 0.3 is 6.09 Å². The Bertz CT molecular complexity index is 941. The molecule has 3 aliphatic heterocycles. The topological polar surface area (TPSA) is 298 Å². The van der Waals surface area contributed by atoms with Crippen molar-refractivity contribution in [2.24, 2.45) is 22.2 Å². The Morgan fingerprint density at radius 3 is 2.62 bits per heavy atom. The van der Waals surface area contributed by atoms with Gasteiger partial charge in [0.25, 0.3) is 5.91 Å². The lowest BCUT2D eigenvalue weighted by atomic mass is 9.95. The maximum atomic E-state index is 12.9. The van der Waals surface area contributed by atoms with E-state index in [1.165, 1.54) is 0 Å². The van der Waals surface area contributed by atoms with Gasteiger partial charge in [0, 0.05) is 38.2 Å².